The van der Waals surface area contributed by atoms with Crippen molar-refractivity contribution in [2.45, 2.75) is 25.7 Å². The molecule has 0 radical (unpaired) electrons. The predicted molar refractivity (Wildman–Crippen MR) is 74.5 cm³/mol. The summed E-state index contributed by atoms with van der Waals surface area (Å²) < 4.78 is 5.07. The number of nitrogens with one attached hydrogen (secondary N) is 1. The van der Waals surface area contributed by atoms with E-state index in [2.05, 4.69) is 10.3 Å². The Bertz CT molecular complexity index is 516. The van der Waals surface area contributed by atoms with Gasteiger partial charge in [0.05, 0.1) is 18.1 Å². The highest BCUT2D eigenvalue weighted by Gasteiger charge is 2.28. The van der Waals surface area contributed by atoms with Crippen LogP contribution < -0.4 is 5.32 Å². The molecule has 1 amide bonds. The first kappa shape index (κ1) is 15.2. The minimum Gasteiger partial charge on any atom is -0.462 e. The van der Waals surface area contributed by atoms with E-state index in [-0.39, 0.29) is 24.7 Å². The van der Waals surface area contributed by atoms with Crippen LogP contribution in [-0.2, 0) is 14.3 Å². The fourth-order valence-electron chi connectivity index (χ4n) is 2.24. The van der Waals surface area contributed by atoms with Crippen LogP contribution in [0.25, 0.3) is 0 Å². The van der Waals surface area contributed by atoms with Gasteiger partial charge in [-0.25, -0.2) is 4.79 Å². The number of carbonyl (C=O) groups is 3. The molecule has 0 aromatic carbocycles. The third kappa shape index (κ3) is 4.37. The van der Waals surface area contributed by atoms with E-state index >= 15 is 0 Å². The maximum absolute atomic E-state index is 11.9. The number of nitrogens with zero attached hydrogens (tertiary/aromatic N) is 1. The van der Waals surface area contributed by atoms with E-state index in [0.29, 0.717) is 24.9 Å². The summed E-state index contributed by atoms with van der Waals surface area (Å²) >= 11 is 0. The molecule has 1 aliphatic rings. The maximum atomic E-state index is 11.9. The molecular formula is C15H18N2O4. The predicted octanol–water partition coefficient (Wildman–Crippen LogP) is 1.11. The SMILES string of the molecule is O=C(OCCCC(=O)[C@@H]1CCCNC1=O)c1ccncc1. The van der Waals surface area contributed by atoms with Gasteiger partial charge in [-0.2, -0.15) is 0 Å². The van der Waals surface area contributed by atoms with Gasteiger partial charge in [-0.15, -0.1) is 0 Å². The summed E-state index contributed by atoms with van der Waals surface area (Å²) in [5, 5.41) is 2.69. The van der Waals surface area contributed by atoms with Crippen molar-refractivity contribution in [3.05, 3.63) is 30.1 Å². The number of amides is 1. The monoisotopic (exact) mass is 290 g/mol. The number of ketones is 1. The molecular weight excluding hydrogens is 272 g/mol. The number of hydrogen-bond acceptors (Lipinski definition) is 5. The summed E-state index contributed by atoms with van der Waals surface area (Å²) in [7, 11) is 0. The van der Waals surface area contributed by atoms with Crippen LogP contribution in [0.2, 0.25) is 0 Å². The lowest BCUT2D eigenvalue weighted by molar-refractivity contribution is -0.135. The number of pyridine rings is 1. The molecule has 6 nitrogen and oxygen atoms in total. The van der Waals surface area contributed by atoms with E-state index in [4.69, 9.17) is 4.74 Å². The van der Waals surface area contributed by atoms with Crippen LogP contribution in [-0.4, -0.2) is 35.8 Å². The molecule has 1 aromatic heterocycles. The lowest BCUT2D eigenvalue weighted by Gasteiger charge is -2.20. The number of hydrogen-bond donors (Lipinski definition) is 1. The Hall–Kier alpha value is -2.24. The van der Waals surface area contributed by atoms with Crippen LogP contribution in [0.15, 0.2) is 24.5 Å². The number of aromatic nitrogens is 1. The standard InChI is InChI=1S/C15H18N2O4/c18-13(12-3-1-7-17-14(12)19)4-2-10-21-15(20)11-5-8-16-9-6-11/h5-6,8-9,12H,1-4,7,10H2,(H,17,19)/t12-/m0/s1. The largest absolute Gasteiger partial charge is 0.462 e. The fraction of sp³-hybridized carbons (Fsp3) is 0.467. The number of piperidine rings is 1. The van der Waals surface area contributed by atoms with E-state index in [1.165, 1.54) is 12.4 Å². The molecule has 1 fully saturated rings. The molecule has 112 valence electrons. The quantitative estimate of drug-likeness (QED) is 0.482. The molecule has 6 heteroatoms. The fourth-order valence-corrected chi connectivity index (χ4v) is 2.24. The second-order valence-electron chi connectivity index (χ2n) is 4.93. The highest BCUT2D eigenvalue weighted by atomic mass is 16.5. The van der Waals surface area contributed by atoms with Crippen molar-refractivity contribution in [1.82, 2.24) is 10.3 Å². The number of esters is 1. The molecule has 1 N–H and O–H groups in total. The summed E-state index contributed by atoms with van der Waals surface area (Å²) in [6.45, 7) is 0.813. The molecule has 0 saturated carbocycles. The van der Waals surface area contributed by atoms with Crippen LogP contribution in [0.3, 0.4) is 0 Å². The van der Waals surface area contributed by atoms with E-state index in [9.17, 15) is 14.4 Å². The number of ether oxygens (including phenoxy) is 1. The Morgan fingerprint density at radius 2 is 2.10 bits per heavy atom. The normalized spacial score (nSPS) is 17.9. The van der Waals surface area contributed by atoms with Crippen molar-refractivity contribution in [2.24, 2.45) is 5.92 Å². The van der Waals surface area contributed by atoms with E-state index < -0.39 is 11.9 Å². The summed E-state index contributed by atoms with van der Waals surface area (Å²) in [6.07, 6.45) is 5.16. The molecule has 0 unspecified atom stereocenters. The summed E-state index contributed by atoms with van der Waals surface area (Å²) in [4.78, 5) is 38.9. The van der Waals surface area contributed by atoms with Gasteiger partial charge in [0.1, 0.15) is 5.78 Å². The number of Topliss-reactive ketones (excluding diaryl/α,β-unsaturated/α-hetero) is 1. The Kier molecular flexibility index (Phi) is 5.43. The Morgan fingerprint density at radius 1 is 1.33 bits per heavy atom. The highest BCUT2D eigenvalue weighted by Crippen LogP contribution is 2.15. The van der Waals surface area contributed by atoms with Gasteiger partial charge in [-0.3, -0.25) is 14.6 Å². The molecule has 0 aliphatic carbocycles. The molecule has 21 heavy (non-hydrogen) atoms. The van der Waals surface area contributed by atoms with Crippen molar-refractivity contribution < 1.29 is 19.1 Å². The average Bonchev–Trinajstić information content (AvgIpc) is 2.52. The lowest BCUT2D eigenvalue weighted by Crippen LogP contribution is -2.40. The topological polar surface area (TPSA) is 85.4 Å². The molecule has 2 heterocycles. The first-order chi connectivity index (χ1) is 10.2. The molecule has 1 atom stereocenters. The molecule has 0 spiro atoms. The Labute approximate surface area is 122 Å². The van der Waals surface area contributed by atoms with Crippen LogP contribution in [0.1, 0.15) is 36.0 Å². The third-order valence-electron chi connectivity index (χ3n) is 3.39. The van der Waals surface area contributed by atoms with Crippen LogP contribution in [0.4, 0.5) is 0 Å². The first-order valence-corrected chi connectivity index (χ1v) is 7.06. The number of rotatable bonds is 6. The van der Waals surface area contributed by atoms with E-state index in [0.717, 1.165) is 6.42 Å². The van der Waals surface area contributed by atoms with E-state index in [1.54, 1.807) is 12.1 Å². The van der Waals surface area contributed by atoms with Gasteiger partial charge in [0, 0.05) is 25.4 Å². The number of carbonyl (C=O) groups excluding carboxylic acids is 3. The van der Waals surface area contributed by atoms with Crippen LogP contribution >= 0.6 is 0 Å². The van der Waals surface area contributed by atoms with Crippen molar-refractivity contribution in [3.8, 4) is 0 Å². The van der Waals surface area contributed by atoms with Crippen molar-refractivity contribution in [1.29, 1.82) is 0 Å². The minimum absolute atomic E-state index is 0.0767. The summed E-state index contributed by atoms with van der Waals surface area (Å²) in [6, 6.07) is 3.14. The van der Waals surface area contributed by atoms with Gasteiger partial charge >= 0.3 is 5.97 Å². The highest BCUT2D eigenvalue weighted by molar-refractivity contribution is 6.01. The zero-order valence-corrected chi connectivity index (χ0v) is 11.7. The minimum atomic E-state index is -0.533. The molecule has 1 aromatic rings. The first-order valence-electron chi connectivity index (χ1n) is 7.06. The maximum Gasteiger partial charge on any atom is 0.338 e. The average molecular weight is 290 g/mol. The van der Waals surface area contributed by atoms with Crippen LogP contribution in [0.5, 0.6) is 0 Å². The second kappa shape index (κ2) is 7.52. The zero-order chi connectivity index (χ0) is 15.1. The molecule has 1 saturated heterocycles. The van der Waals surface area contributed by atoms with Gasteiger partial charge < -0.3 is 10.1 Å². The van der Waals surface area contributed by atoms with Crippen molar-refractivity contribution >= 4 is 17.7 Å². The second-order valence-corrected chi connectivity index (χ2v) is 4.93. The Balaban J connectivity index is 1.68. The van der Waals surface area contributed by atoms with Gasteiger partial charge in [-0.1, -0.05) is 0 Å². The van der Waals surface area contributed by atoms with Crippen molar-refractivity contribution in [3.63, 3.8) is 0 Å². The van der Waals surface area contributed by atoms with Gasteiger partial charge in [0.2, 0.25) is 5.91 Å². The molecule has 2 rings (SSSR count). The smallest absolute Gasteiger partial charge is 0.338 e. The summed E-state index contributed by atoms with van der Waals surface area (Å²) in [5.74, 6) is -1.22. The lowest BCUT2D eigenvalue weighted by atomic mass is 9.92. The van der Waals surface area contributed by atoms with Gasteiger partial charge in [-0.05, 0) is 31.4 Å². The van der Waals surface area contributed by atoms with Gasteiger partial charge in [0.15, 0.2) is 0 Å². The zero-order valence-electron chi connectivity index (χ0n) is 11.7. The van der Waals surface area contributed by atoms with E-state index in [1.807, 2.05) is 0 Å². The third-order valence-corrected chi connectivity index (χ3v) is 3.39. The molecule has 1 aliphatic heterocycles. The van der Waals surface area contributed by atoms with Crippen molar-refractivity contribution in [2.75, 3.05) is 13.2 Å². The molecule has 0 bridgehead atoms. The van der Waals surface area contributed by atoms with Crippen LogP contribution in [0, 0.1) is 5.92 Å². The van der Waals surface area contributed by atoms with Gasteiger partial charge in [0.25, 0.3) is 0 Å². The Morgan fingerprint density at radius 3 is 2.81 bits per heavy atom. The summed E-state index contributed by atoms with van der Waals surface area (Å²) in [5.41, 5.74) is 0.433.